The molecule has 0 radical (unpaired) electrons. The van der Waals surface area contributed by atoms with E-state index in [0.717, 1.165) is 35.2 Å². The van der Waals surface area contributed by atoms with Gasteiger partial charge in [0.05, 0.1) is 27.2 Å². The molecule has 1 aromatic rings. The van der Waals surface area contributed by atoms with Crippen molar-refractivity contribution in [3.63, 3.8) is 0 Å². The van der Waals surface area contributed by atoms with Crippen molar-refractivity contribution in [3.05, 3.63) is 23.8 Å². The molecular formula is C16H28N3O+. The quantitative estimate of drug-likeness (QED) is 0.521. The van der Waals surface area contributed by atoms with Gasteiger partial charge >= 0.3 is 0 Å². The number of quaternary nitrogens is 1. The first-order chi connectivity index (χ1) is 9.27. The van der Waals surface area contributed by atoms with Crippen molar-refractivity contribution in [2.45, 2.75) is 32.6 Å². The molecule has 1 saturated heterocycles. The van der Waals surface area contributed by atoms with Gasteiger partial charge in [-0.25, -0.2) is 0 Å². The van der Waals surface area contributed by atoms with E-state index in [1.165, 1.54) is 5.69 Å². The number of benzene rings is 1. The Labute approximate surface area is 122 Å². The standard InChI is InChI=1S/C16H28N3O/c1-12-10-14(6-7-16(12)17)18-9-8-15(11-18)20-13(2)19(3,4)5/h6-7,10,13,15H,8-9,11,17H2,1-5H3/q+1. The van der Waals surface area contributed by atoms with Crippen molar-refractivity contribution in [2.75, 3.05) is 44.9 Å². The molecule has 20 heavy (non-hydrogen) atoms. The van der Waals surface area contributed by atoms with Crippen LogP contribution in [0.2, 0.25) is 0 Å². The van der Waals surface area contributed by atoms with E-state index in [9.17, 15) is 0 Å². The van der Waals surface area contributed by atoms with Crippen molar-refractivity contribution in [2.24, 2.45) is 0 Å². The lowest BCUT2D eigenvalue weighted by molar-refractivity contribution is -0.918. The van der Waals surface area contributed by atoms with Crippen LogP contribution in [0.15, 0.2) is 18.2 Å². The van der Waals surface area contributed by atoms with Crippen LogP contribution < -0.4 is 10.6 Å². The molecule has 4 nitrogen and oxygen atoms in total. The highest BCUT2D eigenvalue weighted by atomic mass is 16.5. The predicted molar refractivity (Wildman–Crippen MR) is 84.8 cm³/mol. The molecule has 1 fully saturated rings. The minimum Gasteiger partial charge on any atom is -0.399 e. The lowest BCUT2D eigenvalue weighted by atomic mass is 10.2. The number of hydrogen-bond donors (Lipinski definition) is 1. The highest BCUT2D eigenvalue weighted by molar-refractivity contribution is 5.58. The maximum absolute atomic E-state index is 6.19. The normalized spacial score (nSPS) is 21.2. The van der Waals surface area contributed by atoms with Crippen LogP contribution in [0.25, 0.3) is 0 Å². The molecule has 0 bridgehead atoms. The van der Waals surface area contributed by atoms with Crippen LogP contribution in [0.5, 0.6) is 0 Å². The summed E-state index contributed by atoms with van der Waals surface area (Å²) in [6, 6.07) is 6.27. The van der Waals surface area contributed by atoms with Crippen LogP contribution in [0.1, 0.15) is 18.9 Å². The maximum atomic E-state index is 6.19. The predicted octanol–water partition coefficient (Wildman–Crippen LogP) is 2.22. The number of nitrogen functional groups attached to an aromatic ring is 1. The van der Waals surface area contributed by atoms with Gasteiger partial charge in [-0.1, -0.05) is 0 Å². The molecule has 0 aliphatic carbocycles. The van der Waals surface area contributed by atoms with Gasteiger partial charge < -0.3 is 19.9 Å². The average molecular weight is 278 g/mol. The number of rotatable bonds is 4. The lowest BCUT2D eigenvalue weighted by Crippen LogP contribution is -2.46. The zero-order valence-electron chi connectivity index (χ0n) is 13.4. The van der Waals surface area contributed by atoms with Crippen molar-refractivity contribution >= 4 is 11.4 Å². The summed E-state index contributed by atoms with van der Waals surface area (Å²) in [7, 11) is 6.50. The van der Waals surface area contributed by atoms with Crippen molar-refractivity contribution in [1.82, 2.24) is 0 Å². The first-order valence-corrected chi connectivity index (χ1v) is 7.35. The Morgan fingerprint density at radius 3 is 2.65 bits per heavy atom. The highest BCUT2D eigenvalue weighted by Gasteiger charge is 2.29. The first kappa shape index (κ1) is 15.1. The molecule has 2 N–H and O–H groups in total. The smallest absolute Gasteiger partial charge is 0.190 e. The van der Waals surface area contributed by atoms with Gasteiger partial charge in [-0.2, -0.15) is 0 Å². The Kier molecular flexibility index (Phi) is 4.25. The number of ether oxygens (including phenoxy) is 1. The molecule has 0 aromatic heterocycles. The molecule has 112 valence electrons. The van der Waals surface area contributed by atoms with Crippen LogP contribution in [-0.2, 0) is 4.74 Å². The molecule has 1 heterocycles. The monoisotopic (exact) mass is 278 g/mol. The number of nitrogens with two attached hydrogens (primary N) is 1. The summed E-state index contributed by atoms with van der Waals surface area (Å²) in [6.07, 6.45) is 1.63. The number of nitrogens with zero attached hydrogens (tertiary/aromatic N) is 2. The average Bonchev–Trinajstić information content (AvgIpc) is 2.80. The van der Waals surface area contributed by atoms with E-state index in [1.807, 2.05) is 6.07 Å². The molecule has 0 spiro atoms. The van der Waals surface area contributed by atoms with E-state index in [2.05, 4.69) is 52.0 Å². The molecule has 1 aliphatic rings. The minimum absolute atomic E-state index is 0.216. The molecule has 0 saturated carbocycles. The Hall–Kier alpha value is -1.26. The molecule has 2 rings (SSSR count). The van der Waals surface area contributed by atoms with Crippen LogP contribution in [0.4, 0.5) is 11.4 Å². The Morgan fingerprint density at radius 1 is 1.35 bits per heavy atom. The van der Waals surface area contributed by atoms with Gasteiger partial charge in [0.2, 0.25) is 0 Å². The molecule has 2 unspecified atom stereocenters. The topological polar surface area (TPSA) is 38.5 Å². The molecule has 1 aromatic carbocycles. The zero-order chi connectivity index (χ0) is 14.9. The van der Waals surface area contributed by atoms with Gasteiger partial charge in [0, 0.05) is 31.4 Å². The second-order valence-corrected chi connectivity index (χ2v) is 6.75. The summed E-state index contributed by atoms with van der Waals surface area (Å²) < 4.78 is 7.02. The van der Waals surface area contributed by atoms with Crippen molar-refractivity contribution in [3.8, 4) is 0 Å². The highest BCUT2D eigenvalue weighted by Crippen LogP contribution is 2.26. The van der Waals surface area contributed by atoms with Gasteiger partial charge in [0.25, 0.3) is 0 Å². The van der Waals surface area contributed by atoms with E-state index in [4.69, 9.17) is 10.5 Å². The fourth-order valence-electron chi connectivity index (χ4n) is 2.39. The van der Waals surface area contributed by atoms with Crippen LogP contribution in [-0.4, -0.2) is 51.0 Å². The summed E-state index contributed by atoms with van der Waals surface area (Å²) in [5.74, 6) is 0. The summed E-state index contributed by atoms with van der Waals surface area (Å²) in [6.45, 7) is 6.23. The minimum atomic E-state index is 0.216. The summed E-state index contributed by atoms with van der Waals surface area (Å²) in [4.78, 5) is 2.39. The summed E-state index contributed by atoms with van der Waals surface area (Å²) in [5.41, 5.74) is 9.14. The first-order valence-electron chi connectivity index (χ1n) is 7.35. The van der Waals surface area contributed by atoms with Gasteiger partial charge in [-0.3, -0.25) is 0 Å². The molecule has 2 atom stereocenters. The summed E-state index contributed by atoms with van der Waals surface area (Å²) in [5, 5.41) is 0. The molecule has 4 heteroatoms. The fraction of sp³-hybridized carbons (Fsp3) is 0.625. The molecular weight excluding hydrogens is 250 g/mol. The maximum Gasteiger partial charge on any atom is 0.190 e. The fourth-order valence-corrected chi connectivity index (χ4v) is 2.39. The number of aryl methyl sites for hydroxylation is 1. The third-order valence-electron chi connectivity index (χ3n) is 4.24. The van der Waals surface area contributed by atoms with E-state index >= 15 is 0 Å². The Bertz CT molecular complexity index is 467. The third kappa shape index (κ3) is 3.44. The van der Waals surface area contributed by atoms with Gasteiger partial charge in [0.15, 0.2) is 6.23 Å². The molecule has 0 amide bonds. The van der Waals surface area contributed by atoms with Crippen LogP contribution >= 0.6 is 0 Å². The van der Waals surface area contributed by atoms with Gasteiger partial charge in [-0.15, -0.1) is 0 Å². The Morgan fingerprint density at radius 2 is 2.05 bits per heavy atom. The lowest BCUT2D eigenvalue weighted by Gasteiger charge is -2.33. The number of hydrogen-bond acceptors (Lipinski definition) is 3. The third-order valence-corrected chi connectivity index (χ3v) is 4.24. The van der Waals surface area contributed by atoms with E-state index in [-0.39, 0.29) is 6.23 Å². The van der Waals surface area contributed by atoms with Gasteiger partial charge in [0.1, 0.15) is 0 Å². The van der Waals surface area contributed by atoms with Crippen molar-refractivity contribution < 1.29 is 9.22 Å². The van der Waals surface area contributed by atoms with Crippen molar-refractivity contribution in [1.29, 1.82) is 0 Å². The largest absolute Gasteiger partial charge is 0.399 e. The summed E-state index contributed by atoms with van der Waals surface area (Å²) >= 11 is 0. The second kappa shape index (κ2) is 5.62. The van der Waals surface area contributed by atoms with Gasteiger partial charge in [-0.05, 0) is 37.1 Å². The van der Waals surface area contributed by atoms with Crippen LogP contribution in [0, 0.1) is 6.92 Å². The second-order valence-electron chi connectivity index (χ2n) is 6.75. The van der Waals surface area contributed by atoms with E-state index in [1.54, 1.807) is 0 Å². The van der Waals surface area contributed by atoms with E-state index < -0.39 is 0 Å². The SMILES string of the molecule is Cc1cc(N2CCC(OC(C)[N+](C)(C)C)C2)ccc1N. The van der Waals surface area contributed by atoms with E-state index in [0.29, 0.717) is 6.10 Å². The van der Waals surface area contributed by atoms with Crippen LogP contribution in [0.3, 0.4) is 0 Å². The zero-order valence-corrected chi connectivity index (χ0v) is 13.4. The Balaban J connectivity index is 1.97. The molecule has 1 aliphatic heterocycles. The number of anilines is 2.